The van der Waals surface area contributed by atoms with Crippen molar-refractivity contribution in [3.63, 3.8) is 0 Å². The highest BCUT2D eigenvalue weighted by molar-refractivity contribution is 9.10. The fraction of sp³-hybridized carbons (Fsp3) is 0.455. The lowest BCUT2D eigenvalue weighted by Gasteiger charge is -2.30. The molecule has 4 heteroatoms. The summed E-state index contributed by atoms with van der Waals surface area (Å²) in [6.45, 7) is 6.04. The first kappa shape index (κ1) is 12.6. The SMILES string of the molecule is CC(C)(C)C(NN)c1cccc(Br)c1F. The summed E-state index contributed by atoms with van der Waals surface area (Å²) < 4.78 is 14.3. The Balaban J connectivity index is 3.19. The van der Waals surface area contributed by atoms with Crippen LogP contribution in [0.5, 0.6) is 0 Å². The molecule has 3 N–H and O–H groups in total. The predicted molar refractivity (Wildman–Crippen MR) is 63.6 cm³/mol. The number of halogens is 2. The molecule has 0 saturated carbocycles. The molecule has 0 heterocycles. The second-order valence-corrected chi connectivity index (χ2v) is 5.46. The van der Waals surface area contributed by atoms with E-state index in [9.17, 15) is 4.39 Å². The first-order valence-corrected chi connectivity index (χ1v) is 5.57. The minimum atomic E-state index is -0.254. The lowest BCUT2D eigenvalue weighted by molar-refractivity contribution is 0.269. The summed E-state index contributed by atoms with van der Waals surface area (Å²) in [7, 11) is 0. The van der Waals surface area contributed by atoms with E-state index >= 15 is 0 Å². The molecular weight excluding hydrogens is 259 g/mol. The van der Waals surface area contributed by atoms with E-state index in [1.807, 2.05) is 20.8 Å². The van der Waals surface area contributed by atoms with Gasteiger partial charge in [-0.3, -0.25) is 11.3 Å². The fourth-order valence-corrected chi connectivity index (χ4v) is 1.93. The molecular formula is C11H16BrFN2. The number of hydrogen-bond acceptors (Lipinski definition) is 2. The summed E-state index contributed by atoms with van der Waals surface area (Å²) in [4.78, 5) is 0. The van der Waals surface area contributed by atoms with Gasteiger partial charge in [0.1, 0.15) is 5.82 Å². The van der Waals surface area contributed by atoms with Gasteiger partial charge >= 0.3 is 0 Å². The van der Waals surface area contributed by atoms with Gasteiger partial charge in [-0.2, -0.15) is 0 Å². The Bertz CT molecular complexity index is 347. The zero-order valence-electron chi connectivity index (χ0n) is 9.14. The van der Waals surface area contributed by atoms with Crippen LogP contribution in [0.25, 0.3) is 0 Å². The fourth-order valence-electron chi connectivity index (χ4n) is 1.55. The number of hydrogen-bond donors (Lipinski definition) is 2. The maximum absolute atomic E-state index is 13.8. The monoisotopic (exact) mass is 274 g/mol. The summed E-state index contributed by atoms with van der Waals surface area (Å²) in [6.07, 6.45) is 0. The van der Waals surface area contributed by atoms with Gasteiger partial charge in [-0.25, -0.2) is 4.39 Å². The first-order valence-electron chi connectivity index (χ1n) is 4.78. The molecule has 1 unspecified atom stereocenters. The van der Waals surface area contributed by atoms with Crippen molar-refractivity contribution < 1.29 is 4.39 Å². The quantitative estimate of drug-likeness (QED) is 0.642. The molecule has 0 aliphatic rings. The van der Waals surface area contributed by atoms with Crippen LogP contribution in [0.4, 0.5) is 4.39 Å². The normalized spacial score (nSPS) is 14.0. The average Bonchev–Trinajstić information content (AvgIpc) is 2.11. The molecule has 0 radical (unpaired) electrons. The second-order valence-electron chi connectivity index (χ2n) is 4.61. The van der Waals surface area contributed by atoms with Crippen molar-refractivity contribution in [1.82, 2.24) is 5.43 Å². The van der Waals surface area contributed by atoms with E-state index in [4.69, 9.17) is 5.84 Å². The lowest BCUT2D eigenvalue weighted by Crippen LogP contribution is -2.37. The van der Waals surface area contributed by atoms with Crippen LogP contribution in [-0.2, 0) is 0 Å². The Kier molecular flexibility index (Phi) is 3.87. The zero-order valence-corrected chi connectivity index (χ0v) is 10.7. The minimum absolute atomic E-state index is 0.142. The average molecular weight is 275 g/mol. The highest BCUT2D eigenvalue weighted by Gasteiger charge is 2.27. The van der Waals surface area contributed by atoms with Crippen LogP contribution in [-0.4, -0.2) is 0 Å². The molecule has 0 bridgehead atoms. The van der Waals surface area contributed by atoms with Crippen molar-refractivity contribution in [2.75, 3.05) is 0 Å². The van der Waals surface area contributed by atoms with Crippen LogP contribution in [0.3, 0.4) is 0 Å². The van der Waals surface area contributed by atoms with E-state index < -0.39 is 0 Å². The summed E-state index contributed by atoms with van der Waals surface area (Å²) >= 11 is 3.17. The van der Waals surface area contributed by atoms with E-state index in [1.54, 1.807) is 18.2 Å². The Morgan fingerprint density at radius 1 is 1.40 bits per heavy atom. The first-order chi connectivity index (χ1) is 6.88. The molecule has 1 atom stereocenters. The molecule has 0 aliphatic heterocycles. The molecule has 0 aromatic heterocycles. The standard InChI is InChI=1S/C11H16BrFN2/c1-11(2,3)10(15-14)7-5-4-6-8(12)9(7)13/h4-6,10,15H,14H2,1-3H3. The number of nitrogens with one attached hydrogen (secondary N) is 1. The Labute approximate surface area is 98.1 Å². The largest absolute Gasteiger partial charge is 0.271 e. The van der Waals surface area contributed by atoms with Crippen molar-refractivity contribution in [1.29, 1.82) is 0 Å². The van der Waals surface area contributed by atoms with E-state index in [0.29, 0.717) is 10.0 Å². The highest BCUT2D eigenvalue weighted by Crippen LogP contribution is 2.34. The third-order valence-corrected chi connectivity index (χ3v) is 2.94. The minimum Gasteiger partial charge on any atom is -0.271 e. The van der Waals surface area contributed by atoms with Crippen LogP contribution in [0.2, 0.25) is 0 Å². The van der Waals surface area contributed by atoms with E-state index in [2.05, 4.69) is 21.4 Å². The maximum atomic E-state index is 13.8. The third-order valence-electron chi connectivity index (χ3n) is 2.33. The van der Waals surface area contributed by atoms with E-state index in [0.717, 1.165) is 0 Å². The lowest BCUT2D eigenvalue weighted by atomic mass is 9.82. The molecule has 1 aromatic rings. The molecule has 0 saturated heterocycles. The smallest absolute Gasteiger partial charge is 0.142 e. The summed E-state index contributed by atoms with van der Waals surface area (Å²) in [5.41, 5.74) is 3.11. The summed E-state index contributed by atoms with van der Waals surface area (Å²) in [5, 5.41) is 0. The molecule has 0 amide bonds. The second kappa shape index (κ2) is 4.60. The van der Waals surface area contributed by atoms with Gasteiger partial charge in [0.25, 0.3) is 0 Å². The molecule has 15 heavy (non-hydrogen) atoms. The van der Waals surface area contributed by atoms with Crippen LogP contribution in [0.1, 0.15) is 32.4 Å². The third kappa shape index (κ3) is 2.77. The molecule has 2 nitrogen and oxygen atoms in total. The van der Waals surface area contributed by atoms with Crippen LogP contribution in [0.15, 0.2) is 22.7 Å². The van der Waals surface area contributed by atoms with Gasteiger partial charge in [0, 0.05) is 5.56 Å². The molecule has 84 valence electrons. The van der Waals surface area contributed by atoms with Crippen molar-refractivity contribution in [3.8, 4) is 0 Å². The molecule has 1 rings (SSSR count). The van der Waals surface area contributed by atoms with Crippen molar-refractivity contribution in [2.45, 2.75) is 26.8 Å². The molecule has 0 fully saturated rings. The van der Waals surface area contributed by atoms with Crippen molar-refractivity contribution in [3.05, 3.63) is 34.1 Å². The molecule has 1 aromatic carbocycles. The van der Waals surface area contributed by atoms with Crippen molar-refractivity contribution >= 4 is 15.9 Å². The number of benzene rings is 1. The number of rotatable bonds is 2. The molecule has 0 spiro atoms. The molecule has 0 aliphatic carbocycles. The van der Waals surface area contributed by atoms with Gasteiger partial charge in [-0.05, 0) is 27.4 Å². The maximum Gasteiger partial charge on any atom is 0.142 e. The van der Waals surface area contributed by atoms with Crippen LogP contribution < -0.4 is 11.3 Å². The topological polar surface area (TPSA) is 38.0 Å². The van der Waals surface area contributed by atoms with Crippen molar-refractivity contribution in [2.24, 2.45) is 11.3 Å². The predicted octanol–water partition coefficient (Wildman–Crippen LogP) is 3.14. The van der Waals surface area contributed by atoms with Gasteiger partial charge < -0.3 is 0 Å². The zero-order chi connectivity index (χ0) is 11.6. The van der Waals surface area contributed by atoms with Gasteiger partial charge in [0.15, 0.2) is 0 Å². The Morgan fingerprint density at radius 2 is 2.00 bits per heavy atom. The highest BCUT2D eigenvalue weighted by atomic mass is 79.9. The van der Waals surface area contributed by atoms with Gasteiger partial charge in [0.2, 0.25) is 0 Å². The van der Waals surface area contributed by atoms with Crippen LogP contribution >= 0.6 is 15.9 Å². The van der Waals surface area contributed by atoms with Gasteiger partial charge in [0.05, 0.1) is 10.5 Å². The summed E-state index contributed by atoms with van der Waals surface area (Å²) in [6, 6.07) is 5.01. The van der Waals surface area contributed by atoms with E-state index in [1.165, 1.54) is 0 Å². The Hall–Kier alpha value is -0.450. The van der Waals surface area contributed by atoms with E-state index in [-0.39, 0.29) is 17.3 Å². The summed E-state index contributed by atoms with van der Waals surface area (Å²) in [5.74, 6) is 5.22. The number of hydrazine groups is 1. The Morgan fingerprint density at radius 3 is 2.47 bits per heavy atom. The van der Waals surface area contributed by atoms with Gasteiger partial charge in [-0.1, -0.05) is 32.9 Å². The number of nitrogens with two attached hydrogens (primary N) is 1. The van der Waals surface area contributed by atoms with Crippen LogP contribution in [0, 0.1) is 11.2 Å². The van der Waals surface area contributed by atoms with Gasteiger partial charge in [-0.15, -0.1) is 0 Å².